The highest BCUT2D eigenvalue weighted by molar-refractivity contribution is 5.63. The van der Waals surface area contributed by atoms with Crippen LogP contribution in [0.2, 0.25) is 0 Å². The van der Waals surface area contributed by atoms with Gasteiger partial charge in [-0.25, -0.2) is 0 Å². The number of benzene rings is 2. The van der Waals surface area contributed by atoms with Crippen molar-refractivity contribution >= 4 is 0 Å². The third-order valence-corrected chi connectivity index (χ3v) is 4.36. The Morgan fingerprint density at radius 2 is 1.52 bits per heavy atom. The molecule has 0 bridgehead atoms. The van der Waals surface area contributed by atoms with E-state index >= 15 is 0 Å². The minimum Gasteiger partial charge on any atom is -0.390 e. The molecule has 1 aliphatic heterocycles. The topological polar surface area (TPSA) is 38.7 Å². The Hall–Kier alpha value is -1.68. The molecule has 2 fully saturated rings. The first kappa shape index (κ1) is 13.0. The number of hydrogen-bond donors (Lipinski definition) is 1. The minimum atomic E-state index is -0.386. The van der Waals surface area contributed by atoms with E-state index in [9.17, 15) is 5.11 Å². The van der Waals surface area contributed by atoms with E-state index in [4.69, 9.17) is 9.47 Å². The van der Waals surface area contributed by atoms with Gasteiger partial charge < -0.3 is 14.6 Å². The molecule has 3 heteroatoms. The molecule has 2 aromatic rings. The Morgan fingerprint density at radius 1 is 0.810 bits per heavy atom. The normalized spacial score (nSPS) is 31.3. The van der Waals surface area contributed by atoms with Crippen molar-refractivity contribution in [1.29, 1.82) is 0 Å². The van der Waals surface area contributed by atoms with Gasteiger partial charge in [-0.15, -0.1) is 0 Å². The highest BCUT2D eigenvalue weighted by atomic mass is 16.7. The quantitative estimate of drug-likeness (QED) is 0.918. The summed E-state index contributed by atoms with van der Waals surface area (Å²) in [6.07, 6.45) is 0.797. The van der Waals surface area contributed by atoms with Crippen LogP contribution in [-0.4, -0.2) is 23.4 Å². The molecule has 0 amide bonds. The maximum absolute atomic E-state index is 9.85. The second-order valence-corrected chi connectivity index (χ2v) is 5.74. The van der Waals surface area contributed by atoms with Crippen LogP contribution in [0.4, 0.5) is 0 Å². The zero-order valence-corrected chi connectivity index (χ0v) is 11.7. The highest BCUT2D eigenvalue weighted by Gasteiger charge is 2.45. The van der Waals surface area contributed by atoms with Gasteiger partial charge in [-0.05, 0) is 24.0 Å². The molecule has 1 saturated carbocycles. The van der Waals surface area contributed by atoms with Crippen molar-refractivity contribution in [3.8, 4) is 11.1 Å². The molecule has 4 atom stereocenters. The third kappa shape index (κ3) is 2.38. The van der Waals surface area contributed by atoms with Crippen LogP contribution in [0.3, 0.4) is 0 Å². The first-order valence-corrected chi connectivity index (χ1v) is 7.45. The summed E-state index contributed by atoms with van der Waals surface area (Å²) in [4.78, 5) is 0. The molecule has 2 aromatic carbocycles. The molecule has 1 N–H and O–H groups in total. The molecule has 2 aliphatic rings. The number of fused-ring (bicyclic) bond motifs is 1. The van der Waals surface area contributed by atoms with Crippen LogP contribution in [0.5, 0.6) is 0 Å². The summed E-state index contributed by atoms with van der Waals surface area (Å²) in [5, 5.41) is 9.85. The van der Waals surface area contributed by atoms with Crippen molar-refractivity contribution < 1.29 is 14.6 Å². The highest BCUT2D eigenvalue weighted by Crippen LogP contribution is 2.39. The van der Waals surface area contributed by atoms with E-state index in [1.807, 2.05) is 30.3 Å². The number of hydrogen-bond acceptors (Lipinski definition) is 3. The van der Waals surface area contributed by atoms with Gasteiger partial charge in [-0.3, -0.25) is 0 Å². The molecule has 0 spiro atoms. The molecule has 1 saturated heterocycles. The van der Waals surface area contributed by atoms with E-state index in [0.717, 1.165) is 18.4 Å². The molecular formula is C18H18O3. The molecule has 0 aromatic heterocycles. The van der Waals surface area contributed by atoms with Crippen molar-refractivity contribution in [2.45, 2.75) is 37.4 Å². The van der Waals surface area contributed by atoms with Gasteiger partial charge in [-0.2, -0.15) is 0 Å². The third-order valence-electron chi connectivity index (χ3n) is 4.36. The summed E-state index contributed by atoms with van der Waals surface area (Å²) in [5.74, 6) is 0. The fourth-order valence-corrected chi connectivity index (χ4v) is 3.19. The van der Waals surface area contributed by atoms with E-state index in [1.165, 1.54) is 11.1 Å². The molecule has 1 heterocycles. The average Bonchev–Trinajstić information content (AvgIpc) is 3.11. The lowest BCUT2D eigenvalue weighted by atomic mass is 10.0. The van der Waals surface area contributed by atoms with Crippen LogP contribution < -0.4 is 0 Å². The summed E-state index contributed by atoms with van der Waals surface area (Å²) >= 11 is 0. The lowest BCUT2D eigenvalue weighted by molar-refractivity contribution is -0.0927. The largest absolute Gasteiger partial charge is 0.390 e. The number of aliphatic hydroxyl groups excluding tert-OH is 1. The predicted octanol–water partition coefficient (Wildman–Crippen LogP) is 3.29. The second kappa shape index (κ2) is 5.26. The number of ether oxygens (including phenoxy) is 2. The van der Waals surface area contributed by atoms with E-state index in [2.05, 4.69) is 24.3 Å². The van der Waals surface area contributed by atoms with Crippen LogP contribution in [0, 0.1) is 0 Å². The van der Waals surface area contributed by atoms with Gasteiger partial charge in [0.2, 0.25) is 0 Å². The lowest BCUT2D eigenvalue weighted by Crippen LogP contribution is -2.25. The van der Waals surface area contributed by atoms with Gasteiger partial charge in [0.15, 0.2) is 6.29 Å². The van der Waals surface area contributed by atoms with Crippen molar-refractivity contribution in [2.75, 3.05) is 0 Å². The van der Waals surface area contributed by atoms with E-state index in [-0.39, 0.29) is 24.6 Å². The van der Waals surface area contributed by atoms with E-state index < -0.39 is 0 Å². The van der Waals surface area contributed by atoms with E-state index in [1.54, 1.807) is 0 Å². The summed E-state index contributed by atoms with van der Waals surface area (Å²) in [6, 6.07) is 18.5. The lowest BCUT2D eigenvalue weighted by Gasteiger charge is -2.14. The molecule has 1 aliphatic carbocycles. The Bertz CT molecular complexity index is 608. The van der Waals surface area contributed by atoms with Gasteiger partial charge in [0.05, 0.1) is 12.2 Å². The van der Waals surface area contributed by atoms with Crippen molar-refractivity contribution in [3.63, 3.8) is 0 Å². The average molecular weight is 282 g/mol. The SMILES string of the molecule is OC1CCC2OC(c3ccc(-c4ccccc4)cc3)OC12. The minimum absolute atomic E-state index is 0.0406. The van der Waals surface area contributed by atoms with Gasteiger partial charge in [0.25, 0.3) is 0 Å². The zero-order valence-electron chi connectivity index (χ0n) is 11.7. The molecule has 108 valence electrons. The van der Waals surface area contributed by atoms with Crippen LogP contribution in [0.1, 0.15) is 24.7 Å². The predicted molar refractivity (Wildman–Crippen MR) is 79.6 cm³/mol. The molecular weight excluding hydrogens is 264 g/mol. The van der Waals surface area contributed by atoms with Gasteiger partial charge >= 0.3 is 0 Å². The summed E-state index contributed by atoms with van der Waals surface area (Å²) < 4.78 is 11.8. The van der Waals surface area contributed by atoms with Crippen molar-refractivity contribution in [2.24, 2.45) is 0 Å². The van der Waals surface area contributed by atoms with Crippen molar-refractivity contribution in [1.82, 2.24) is 0 Å². The van der Waals surface area contributed by atoms with Crippen LogP contribution >= 0.6 is 0 Å². The van der Waals surface area contributed by atoms with Crippen molar-refractivity contribution in [3.05, 3.63) is 60.2 Å². The molecule has 4 rings (SSSR count). The number of aliphatic hydroxyl groups is 1. The van der Waals surface area contributed by atoms with Gasteiger partial charge in [0.1, 0.15) is 6.10 Å². The zero-order chi connectivity index (χ0) is 14.2. The Labute approximate surface area is 124 Å². The van der Waals surface area contributed by atoms with Crippen LogP contribution in [-0.2, 0) is 9.47 Å². The molecule has 4 unspecified atom stereocenters. The molecule has 3 nitrogen and oxygen atoms in total. The van der Waals surface area contributed by atoms with Crippen LogP contribution in [0.25, 0.3) is 11.1 Å². The Kier molecular flexibility index (Phi) is 3.26. The smallest absolute Gasteiger partial charge is 0.184 e. The maximum Gasteiger partial charge on any atom is 0.184 e. The van der Waals surface area contributed by atoms with Gasteiger partial charge in [0, 0.05) is 5.56 Å². The summed E-state index contributed by atoms with van der Waals surface area (Å²) in [7, 11) is 0. The second-order valence-electron chi connectivity index (χ2n) is 5.74. The molecule has 0 radical (unpaired) electrons. The fraction of sp³-hybridized carbons (Fsp3) is 0.333. The monoisotopic (exact) mass is 282 g/mol. The summed E-state index contributed by atoms with van der Waals surface area (Å²) in [6.45, 7) is 0. The number of rotatable bonds is 2. The Morgan fingerprint density at radius 3 is 2.24 bits per heavy atom. The Balaban J connectivity index is 1.53. The van der Waals surface area contributed by atoms with Gasteiger partial charge in [-0.1, -0.05) is 54.6 Å². The fourth-order valence-electron chi connectivity index (χ4n) is 3.19. The summed E-state index contributed by atoms with van der Waals surface area (Å²) in [5.41, 5.74) is 3.39. The first-order valence-electron chi connectivity index (χ1n) is 7.45. The molecule has 21 heavy (non-hydrogen) atoms. The standard InChI is InChI=1S/C18H18O3/c19-15-10-11-16-17(15)21-18(20-16)14-8-6-13(7-9-14)12-4-2-1-3-5-12/h1-9,15-19H,10-11H2. The maximum atomic E-state index is 9.85. The van der Waals surface area contributed by atoms with Crippen LogP contribution in [0.15, 0.2) is 54.6 Å². The van der Waals surface area contributed by atoms with E-state index in [0.29, 0.717) is 0 Å². The first-order chi connectivity index (χ1) is 10.3.